The van der Waals surface area contributed by atoms with Crippen LogP contribution in [0.4, 0.5) is 5.82 Å². The molecule has 2 heterocycles. The van der Waals surface area contributed by atoms with Crippen molar-refractivity contribution in [2.24, 2.45) is 0 Å². The molecule has 1 saturated heterocycles. The number of allylic oxidation sites excluding steroid dienone is 1. The third-order valence-electron chi connectivity index (χ3n) is 5.72. The van der Waals surface area contributed by atoms with Crippen molar-refractivity contribution in [3.05, 3.63) is 36.6 Å². The van der Waals surface area contributed by atoms with E-state index >= 15 is 0 Å². The summed E-state index contributed by atoms with van der Waals surface area (Å²) in [5.74, 6) is 0.844. The molecule has 1 aliphatic carbocycles. The van der Waals surface area contributed by atoms with Crippen LogP contribution >= 0.6 is 0 Å². The van der Waals surface area contributed by atoms with E-state index < -0.39 is 0 Å². The molecule has 0 unspecified atom stereocenters. The molecule has 0 amide bonds. The molecule has 6 heteroatoms. The summed E-state index contributed by atoms with van der Waals surface area (Å²) in [6.45, 7) is 5.04. The van der Waals surface area contributed by atoms with Crippen LogP contribution in [0.25, 0.3) is 16.5 Å². The Morgan fingerprint density at radius 2 is 2.07 bits per heavy atom. The number of ether oxygens (including phenoxy) is 1. The molecule has 27 heavy (non-hydrogen) atoms. The van der Waals surface area contributed by atoms with Gasteiger partial charge >= 0.3 is 0 Å². The quantitative estimate of drug-likeness (QED) is 0.795. The molecule has 2 aromatic rings. The Labute approximate surface area is 161 Å². The van der Waals surface area contributed by atoms with Crippen molar-refractivity contribution in [3.63, 3.8) is 0 Å². The highest BCUT2D eigenvalue weighted by Gasteiger charge is 2.27. The Hall–Kier alpha value is -2.31. The van der Waals surface area contributed by atoms with Crippen molar-refractivity contribution >= 4 is 28.5 Å². The number of hydrogen-bond acceptors (Lipinski definition) is 6. The first-order chi connectivity index (χ1) is 13.8. The second-order valence-electron chi connectivity index (χ2n) is 7.35. The van der Waals surface area contributed by atoms with Crippen molar-refractivity contribution in [2.45, 2.75) is 37.8 Å². The molecule has 2 fully saturated rings. The van der Waals surface area contributed by atoms with E-state index in [2.05, 4.69) is 20.2 Å². The van der Waals surface area contributed by atoms with E-state index in [9.17, 15) is 0 Å². The van der Waals surface area contributed by atoms with Crippen LogP contribution in [-0.4, -0.2) is 59.5 Å². The van der Waals surface area contributed by atoms with Gasteiger partial charge in [-0.1, -0.05) is 12.6 Å². The van der Waals surface area contributed by atoms with E-state index in [0.717, 1.165) is 61.4 Å². The highest BCUT2D eigenvalue weighted by atomic mass is 16.5. The highest BCUT2D eigenvalue weighted by Crippen LogP contribution is 2.29. The Bertz CT molecular complexity index is 857. The number of fused-ring (bicyclic) bond motifs is 1. The largest absolute Gasteiger partial charge is 0.379 e. The fourth-order valence-corrected chi connectivity index (χ4v) is 4.16. The van der Waals surface area contributed by atoms with E-state index in [-0.39, 0.29) is 0 Å². The fraction of sp³-hybridized carbons (Fsp3) is 0.476. The average molecular weight is 365 g/mol. The molecule has 1 aromatic heterocycles. The van der Waals surface area contributed by atoms with E-state index in [4.69, 9.17) is 11.5 Å². The SMILES string of the molecule is [H]/C=C(\C=N)c1ccc2ncnc(N[C@H]3CC[C@H](N4CCOCC4)CC3)c2c1. The maximum absolute atomic E-state index is 7.50. The van der Waals surface area contributed by atoms with Gasteiger partial charge in [0.2, 0.25) is 0 Å². The Morgan fingerprint density at radius 1 is 1.26 bits per heavy atom. The summed E-state index contributed by atoms with van der Waals surface area (Å²) >= 11 is 0. The van der Waals surface area contributed by atoms with Gasteiger partial charge in [-0.3, -0.25) is 4.90 Å². The van der Waals surface area contributed by atoms with Gasteiger partial charge in [0.15, 0.2) is 0 Å². The standard InChI is InChI=1S/C21H27N5O/c1-15(13-22)16-2-7-20-19(12-16)21(24-14-23-20)25-17-3-5-18(6-4-17)26-8-10-27-11-9-26/h2,7,12-14,17-18,22H,1,3-6,8-11H2,(H,23,24,25)/t17-,18-. The molecule has 4 rings (SSSR count). The van der Waals surface area contributed by atoms with Gasteiger partial charge in [0.05, 0.1) is 20.1 Å². The first kappa shape index (κ1) is 16.8. The topological polar surface area (TPSA) is 74.1 Å². The third kappa shape index (κ3) is 4.01. The number of nitrogens with one attached hydrogen (secondary N) is 2. The number of hydrogen-bond donors (Lipinski definition) is 2. The molecule has 2 aliphatic rings. The smallest absolute Gasteiger partial charge is 0.137 e. The summed E-state index contributed by atoms with van der Waals surface area (Å²) in [5.41, 5.74) is 2.28. The molecule has 0 spiro atoms. The molecular weight excluding hydrogens is 338 g/mol. The van der Waals surface area contributed by atoms with Crippen molar-refractivity contribution < 1.29 is 6.11 Å². The number of benzene rings is 1. The maximum Gasteiger partial charge on any atom is 0.137 e. The van der Waals surface area contributed by atoms with Crippen LogP contribution in [0.2, 0.25) is 0 Å². The van der Waals surface area contributed by atoms with Crippen LogP contribution in [0.15, 0.2) is 31.1 Å². The van der Waals surface area contributed by atoms with Crippen LogP contribution in [-0.2, 0) is 4.74 Å². The van der Waals surface area contributed by atoms with E-state index in [1.807, 2.05) is 18.2 Å². The predicted octanol–water partition coefficient (Wildman–Crippen LogP) is 3.35. The molecule has 6 nitrogen and oxygen atoms in total. The van der Waals surface area contributed by atoms with Crippen molar-refractivity contribution in [1.29, 1.82) is 5.41 Å². The molecule has 0 radical (unpaired) electrons. The van der Waals surface area contributed by atoms with Gasteiger partial charge in [-0.15, -0.1) is 0 Å². The lowest BCUT2D eigenvalue weighted by Crippen LogP contribution is -2.46. The minimum atomic E-state index is 0.410. The molecule has 1 aromatic carbocycles. The summed E-state index contributed by atoms with van der Waals surface area (Å²) in [4.78, 5) is 11.4. The van der Waals surface area contributed by atoms with Gasteiger partial charge in [-0.05, 0) is 49.0 Å². The molecule has 142 valence electrons. The third-order valence-corrected chi connectivity index (χ3v) is 5.72. The number of nitrogens with zero attached hydrogens (tertiary/aromatic N) is 3. The lowest BCUT2D eigenvalue weighted by atomic mass is 9.90. The molecule has 1 saturated carbocycles. The van der Waals surface area contributed by atoms with Crippen molar-refractivity contribution in [2.75, 3.05) is 31.6 Å². The normalized spacial score (nSPS) is 25.2. The van der Waals surface area contributed by atoms with E-state index in [0.29, 0.717) is 17.7 Å². The summed E-state index contributed by atoms with van der Waals surface area (Å²) in [7, 11) is 0. The van der Waals surface area contributed by atoms with E-state index in [1.54, 1.807) is 6.33 Å². The maximum atomic E-state index is 7.50. The van der Waals surface area contributed by atoms with Crippen LogP contribution in [0, 0.1) is 5.41 Å². The summed E-state index contributed by atoms with van der Waals surface area (Å²) in [6, 6.07) is 6.89. The van der Waals surface area contributed by atoms with Crippen LogP contribution < -0.4 is 5.32 Å². The molecule has 1 aliphatic heterocycles. The first-order valence-electron chi connectivity index (χ1n) is 10.3. The van der Waals surface area contributed by atoms with E-state index in [1.165, 1.54) is 25.6 Å². The molecule has 0 bridgehead atoms. The number of anilines is 1. The molecular formula is C21H27N5O. The Kier molecular flexibility index (Phi) is 5.08. The van der Waals surface area contributed by atoms with Crippen molar-refractivity contribution in [3.8, 4) is 0 Å². The van der Waals surface area contributed by atoms with Gasteiger partial charge in [-0.2, -0.15) is 0 Å². The zero-order valence-electron chi connectivity index (χ0n) is 16.5. The zero-order chi connectivity index (χ0) is 19.3. The second-order valence-corrected chi connectivity index (χ2v) is 7.35. The number of rotatable bonds is 5. The summed E-state index contributed by atoms with van der Waals surface area (Å²) in [6.07, 6.45) is 7.47. The highest BCUT2D eigenvalue weighted by molar-refractivity contribution is 6.08. The monoisotopic (exact) mass is 365 g/mol. The Morgan fingerprint density at radius 3 is 2.81 bits per heavy atom. The van der Waals surface area contributed by atoms with Gasteiger partial charge < -0.3 is 15.5 Å². The van der Waals surface area contributed by atoms with Gasteiger partial charge in [0.1, 0.15) is 12.1 Å². The number of morpholine rings is 1. The lowest BCUT2D eigenvalue weighted by Gasteiger charge is -2.39. The second kappa shape index (κ2) is 8.15. The minimum Gasteiger partial charge on any atom is -0.379 e. The average Bonchev–Trinajstić information content (AvgIpc) is 2.76. The molecule has 2 N–H and O–H groups in total. The predicted molar refractivity (Wildman–Crippen MR) is 109 cm³/mol. The lowest BCUT2D eigenvalue weighted by molar-refractivity contribution is 0.00791. The summed E-state index contributed by atoms with van der Waals surface area (Å²) in [5, 5.41) is 12.1. The number of aromatic nitrogens is 2. The summed E-state index contributed by atoms with van der Waals surface area (Å²) < 4.78 is 13.0. The van der Waals surface area contributed by atoms with Gasteiger partial charge in [0.25, 0.3) is 0 Å². The van der Waals surface area contributed by atoms with Crippen molar-refractivity contribution in [1.82, 2.24) is 14.9 Å². The zero-order valence-corrected chi connectivity index (χ0v) is 15.5. The minimum absolute atomic E-state index is 0.410. The van der Waals surface area contributed by atoms with Gasteiger partial charge in [0, 0.05) is 36.8 Å². The fourth-order valence-electron chi connectivity index (χ4n) is 4.16. The van der Waals surface area contributed by atoms with Crippen LogP contribution in [0.3, 0.4) is 0 Å². The first-order valence-corrected chi connectivity index (χ1v) is 9.71. The Balaban J connectivity index is 1.47. The van der Waals surface area contributed by atoms with Crippen LogP contribution in [0.5, 0.6) is 0 Å². The van der Waals surface area contributed by atoms with Crippen LogP contribution in [0.1, 0.15) is 32.6 Å². The molecule has 0 atom stereocenters. The van der Waals surface area contributed by atoms with Gasteiger partial charge in [-0.25, -0.2) is 9.97 Å².